The molecule has 0 saturated heterocycles. The number of hydrogen-bond donors (Lipinski definition) is 2. The fourth-order valence-electron chi connectivity index (χ4n) is 2.50. The van der Waals surface area contributed by atoms with Crippen molar-refractivity contribution >= 4 is 17.6 Å². The van der Waals surface area contributed by atoms with E-state index in [-0.39, 0.29) is 6.61 Å². The Labute approximate surface area is 135 Å². The predicted molar refractivity (Wildman–Crippen MR) is 90.0 cm³/mol. The van der Waals surface area contributed by atoms with Crippen LogP contribution in [-0.4, -0.2) is 22.5 Å². The van der Waals surface area contributed by atoms with E-state index in [1.807, 2.05) is 18.3 Å². The van der Waals surface area contributed by atoms with Crippen LogP contribution >= 0.6 is 11.8 Å². The summed E-state index contributed by atoms with van der Waals surface area (Å²) in [5.41, 5.74) is 1.21. The number of aliphatic hydroxyl groups is 1. The van der Waals surface area contributed by atoms with Gasteiger partial charge < -0.3 is 14.8 Å². The summed E-state index contributed by atoms with van der Waals surface area (Å²) in [5, 5.41) is 12.1. The van der Waals surface area contributed by atoms with Crippen LogP contribution in [0.4, 0.5) is 5.82 Å². The van der Waals surface area contributed by atoms with E-state index < -0.39 is 0 Å². The number of rotatable bonds is 8. The summed E-state index contributed by atoms with van der Waals surface area (Å²) in [5.74, 6) is 5.98. The third-order valence-corrected chi connectivity index (χ3v) is 4.94. The van der Waals surface area contributed by atoms with Gasteiger partial charge in [-0.25, -0.2) is 4.98 Å². The van der Waals surface area contributed by atoms with E-state index in [1.54, 1.807) is 11.8 Å². The van der Waals surface area contributed by atoms with Gasteiger partial charge >= 0.3 is 0 Å². The molecule has 0 aliphatic heterocycles. The van der Waals surface area contributed by atoms with Gasteiger partial charge in [-0.3, -0.25) is 0 Å². The SMILES string of the molecule is CC1CC1c1ccc(CNc2cc(CSCCO)ccn2)o1. The van der Waals surface area contributed by atoms with Crippen molar-refractivity contribution in [1.82, 2.24) is 4.98 Å². The maximum Gasteiger partial charge on any atom is 0.126 e. The van der Waals surface area contributed by atoms with Crippen molar-refractivity contribution in [2.24, 2.45) is 5.92 Å². The van der Waals surface area contributed by atoms with E-state index in [2.05, 4.69) is 29.4 Å². The van der Waals surface area contributed by atoms with Gasteiger partial charge in [0, 0.05) is 23.6 Å². The Hall–Kier alpha value is -1.46. The summed E-state index contributed by atoms with van der Waals surface area (Å²) < 4.78 is 5.89. The van der Waals surface area contributed by atoms with Crippen LogP contribution in [0.5, 0.6) is 0 Å². The summed E-state index contributed by atoms with van der Waals surface area (Å²) in [4.78, 5) is 4.34. The minimum absolute atomic E-state index is 0.224. The summed E-state index contributed by atoms with van der Waals surface area (Å²) in [6.45, 7) is 3.14. The van der Waals surface area contributed by atoms with Gasteiger partial charge in [-0.1, -0.05) is 6.92 Å². The predicted octanol–water partition coefficient (Wildman–Crippen LogP) is 3.64. The number of aliphatic hydroxyl groups excluding tert-OH is 1. The summed E-state index contributed by atoms with van der Waals surface area (Å²) in [7, 11) is 0. The Morgan fingerprint density at radius 3 is 3.05 bits per heavy atom. The number of aromatic nitrogens is 1. The Morgan fingerprint density at radius 1 is 1.41 bits per heavy atom. The molecule has 1 aliphatic carbocycles. The molecule has 0 amide bonds. The third-order valence-electron chi connectivity index (χ3n) is 3.93. The first kappa shape index (κ1) is 15.4. The number of nitrogens with one attached hydrogen (secondary N) is 1. The second kappa shape index (κ2) is 7.20. The van der Waals surface area contributed by atoms with Crippen LogP contribution in [0.25, 0.3) is 0 Å². The molecule has 2 heterocycles. The Balaban J connectivity index is 1.52. The Morgan fingerprint density at radius 2 is 2.27 bits per heavy atom. The molecule has 2 unspecified atom stereocenters. The van der Waals surface area contributed by atoms with Crippen molar-refractivity contribution in [3.8, 4) is 0 Å². The Bertz CT molecular complexity index is 614. The monoisotopic (exact) mass is 318 g/mol. The van der Waals surface area contributed by atoms with E-state index in [1.165, 1.54) is 12.0 Å². The number of furan rings is 1. The maximum atomic E-state index is 8.81. The molecular weight excluding hydrogens is 296 g/mol. The van der Waals surface area contributed by atoms with Crippen LogP contribution in [0, 0.1) is 5.92 Å². The highest BCUT2D eigenvalue weighted by atomic mass is 32.2. The highest BCUT2D eigenvalue weighted by Crippen LogP contribution is 2.47. The fraction of sp³-hybridized carbons (Fsp3) is 0.471. The fourth-order valence-corrected chi connectivity index (χ4v) is 3.19. The van der Waals surface area contributed by atoms with Crippen LogP contribution in [0.15, 0.2) is 34.9 Å². The molecule has 0 aromatic carbocycles. The van der Waals surface area contributed by atoms with Gasteiger partial charge in [0.15, 0.2) is 0 Å². The average Bonchev–Trinajstić information content (AvgIpc) is 3.08. The topological polar surface area (TPSA) is 58.3 Å². The van der Waals surface area contributed by atoms with Crippen molar-refractivity contribution in [1.29, 1.82) is 0 Å². The van der Waals surface area contributed by atoms with Gasteiger partial charge in [0.25, 0.3) is 0 Å². The van der Waals surface area contributed by atoms with Gasteiger partial charge in [0.1, 0.15) is 17.3 Å². The van der Waals surface area contributed by atoms with E-state index >= 15 is 0 Å². The lowest BCUT2D eigenvalue weighted by Crippen LogP contribution is -2.01. The van der Waals surface area contributed by atoms with Crippen LogP contribution < -0.4 is 5.32 Å². The molecule has 2 aromatic rings. The highest BCUT2D eigenvalue weighted by Gasteiger charge is 2.36. The molecule has 0 bridgehead atoms. The average molecular weight is 318 g/mol. The Kier molecular flexibility index (Phi) is 5.05. The van der Waals surface area contributed by atoms with E-state index in [0.29, 0.717) is 12.5 Å². The van der Waals surface area contributed by atoms with Gasteiger partial charge in [0.05, 0.1) is 13.2 Å². The lowest BCUT2D eigenvalue weighted by atomic mass is 10.3. The second-order valence-electron chi connectivity index (χ2n) is 5.80. The standard InChI is InChI=1S/C17H22N2O2S/c1-12-8-15(12)16-3-2-14(21-16)10-19-17-9-13(4-5-18-17)11-22-7-6-20/h2-5,9,12,15,20H,6-8,10-11H2,1H3,(H,18,19). The number of hydrogen-bond acceptors (Lipinski definition) is 5. The molecule has 0 spiro atoms. The molecule has 1 saturated carbocycles. The molecule has 2 N–H and O–H groups in total. The molecule has 1 fully saturated rings. The summed E-state index contributed by atoms with van der Waals surface area (Å²) in [6.07, 6.45) is 3.06. The molecule has 22 heavy (non-hydrogen) atoms. The normalized spacial score (nSPS) is 20.1. The van der Waals surface area contributed by atoms with Gasteiger partial charge in [-0.15, -0.1) is 0 Å². The molecule has 3 rings (SSSR count). The van der Waals surface area contributed by atoms with Crippen LogP contribution in [-0.2, 0) is 12.3 Å². The molecule has 2 atom stereocenters. The van der Waals surface area contributed by atoms with E-state index in [4.69, 9.17) is 9.52 Å². The first-order valence-corrected chi connectivity index (χ1v) is 8.87. The summed E-state index contributed by atoms with van der Waals surface area (Å²) in [6, 6.07) is 8.21. The van der Waals surface area contributed by atoms with Crippen molar-refractivity contribution in [2.75, 3.05) is 17.7 Å². The summed E-state index contributed by atoms with van der Waals surface area (Å²) >= 11 is 1.72. The van der Waals surface area contributed by atoms with Gasteiger partial charge in [-0.2, -0.15) is 11.8 Å². The molecular formula is C17H22N2O2S. The van der Waals surface area contributed by atoms with Crippen LogP contribution in [0.1, 0.15) is 36.3 Å². The quantitative estimate of drug-likeness (QED) is 0.728. The number of nitrogens with zero attached hydrogens (tertiary/aromatic N) is 1. The van der Waals surface area contributed by atoms with Crippen molar-refractivity contribution in [2.45, 2.75) is 31.6 Å². The maximum absolute atomic E-state index is 8.81. The first-order valence-electron chi connectivity index (χ1n) is 7.72. The molecule has 0 radical (unpaired) electrons. The van der Waals surface area contributed by atoms with Crippen molar-refractivity contribution in [3.05, 3.63) is 47.5 Å². The van der Waals surface area contributed by atoms with E-state index in [9.17, 15) is 0 Å². The zero-order valence-corrected chi connectivity index (χ0v) is 13.6. The van der Waals surface area contributed by atoms with Crippen LogP contribution in [0.3, 0.4) is 0 Å². The molecule has 5 heteroatoms. The smallest absolute Gasteiger partial charge is 0.126 e. The largest absolute Gasteiger partial charge is 0.464 e. The molecule has 118 valence electrons. The lowest BCUT2D eigenvalue weighted by Gasteiger charge is -2.06. The number of anilines is 1. The molecule has 4 nitrogen and oxygen atoms in total. The zero-order chi connectivity index (χ0) is 15.4. The number of thioether (sulfide) groups is 1. The minimum Gasteiger partial charge on any atom is -0.464 e. The van der Waals surface area contributed by atoms with Crippen LogP contribution in [0.2, 0.25) is 0 Å². The van der Waals surface area contributed by atoms with Gasteiger partial charge in [0.2, 0.25) is 0 Å². The lowest BCUT2D eigenvalue weighted by molar-refractivity contribution is 0.322. The van der Waals surface area contributed by atoms with Crippen molar-refractivity contribution in [3.63, 3.8) is 0 Å². The van der Waals surface area contributed by atoms with Crippen molar-refractivity contribution < 1.29 is 9.52 Å². The first-order chi connectivity index (χ1) is 10.8. The number of pyridine rings is 1. The second-order valence-corrected chi connectivity index (χ2v) is 6.91. The molecule has 1 aliphatic rings. The molecule has 2 aromatic heterocycles. The minimum atomic E-state index is 0.224. The highest BCUT2D eigenvalue weighted by molar-refractivity contribution is 7.98. The van der Waals surface area contributed by atoms with E-state index in [0.717, 1.165) is 34.8 Å². The third kappa shape index (κ3) is 4.05. The van der Waals surface area contributed by atoms with Gasteiger partial charge in [-0.05, 0) is 42.2 Å². The zero-order valence-electron chi connectivity index (χ0n) is 12.8.